The van der Waals surface area contributed by atoms with Crippen molar-refractivity contribution in [3.8, 4) is 22.7 Å². The van der Waals surface area contributed by atoms with E-state index in [0.717, 1.165) is 35.4 Å². The van der Waals surface area contributed by atoms with Crippen LogP contribution in [0.4, 0.5) is 0 Å². The summed E-state index contributed by atoms with van der Waals surface area (Å²) in [5.41, 5.74) is 3.73. The van der Waals surface area contributed by atoms with Gasteiger partial charge in [-0.05, 0) is 55.2 Å². The molecule has 1 atom stereocenters. The van der Waals surface area contributed by atoms with E-state index < -0.39 is 11.9 Å². The zero-order valence-corrected chi connectivity index (χ0v) is 17.7. The van der Waals surface area contributed by atoms with Crippen LogP contribution in [-0.4, -0.2) is 49.8 Å². The molecule has 33 heavy (non-hydrogen) atoms. The molecule has 3 aromatic rings. The van der Waals surface area contributed by atoms with E-state index in [2.05, 4.69) is 15.6 Å². The van der Waals surface area contributed by atoms with Gasteiger partial charge in [0.15, 0.2) is 0 Å². The van der Waals surface area contributed by atoms with Crippen molar-refractivity contribution < 1.29 is 19.1 Å². The first-order valence-electron chi connectivity index (χ1n) is 11.0. The lowest BCUT2D eigenvalue weighted by Crippen LogP contribution is -2.52. The van der Waals surface area contributed by atoms with Gasteiger partial charge in [-0.3, -0.25) is 19.7 Å². The van der Waals surface area contributed by atoms with Crippen molar-refractivity contribution >= 4 is 17.7 Å². The summed E-state index contributed by atoms with van der Waals surface area (Å²) in [7, 11) is 0. The predicted octanol–water partition coefficient (Wildman–Crippen LogP) is 2.24. The quantitative estimate of drug-likeness (QED) is 0.606. The van der Waals surface area contributed by atoms with E-state index in [0.29, 0.717) is 24.2 Å². The standard InChI is InChI=1S/C24H21N5O4/c30-22-10-9-20(23(31)25-22)28-12-14-11-15(5-8-17(14)24(28)32)29-13-19(26-27-29)18-3-1-2-4-21(18)33-16-6-7-16/h1-5,8,11,13,16,20H,6-7,9-10,12H2,(H,25,30,31)/t20-/m0/s1. The fourth-order valence-electron chi connectivity index (χ4n) is 4.36. The Balaban J connectivity index is 1.26. The summed E-state index contributed by atoms with van der Waals surface area (Å²) in [4.78, 5) is 38.2. The molecule has 2 fully saturated rings. The molecule has 9 heteroatoms. The molecule has 166 valence electrons. The Morgan fingerprint density at radius 2 is 1.85 bits per heavy atom. The first-order valence-corrected chi connectivity index (χ1v) is 11.0. The maximum Gasteiger partial charge on any atom is 0.255 e. The van der Waals surface area contributed by atoms with Gasteiger partial charge in [0, 0.05) is 24.1 Å². The summed E-state index contributed by atoms with van der Waals surface area (Å²) in [6.45, 7) is 0.313. The van der Waals surface area contributed by atoms with Crippen LogP contribution in [0, 0.1) is 0 Å². The molecule has 1 saturated carbocycles. The number of amides is 3. The number of hydrogen-bond acceptors (Lipinski definition) is 6. The van der Waals surface area contributed by atoms with Gasteiger partial charge in [0.1, 0.15) is 17.5 Å². The molecule has 0 spiro atoms. The van der Waals surface area contributed by atoms with Crippen molar-refractivity contribution in [1.29, 1.82) is 0 Å². The molecule has 1 N–H and O–H groups in total. The van der Waals surface area contributed by atoms with Crippen LogP contribution in [0.2, 0.25) is 0 Å². The monoisotopic (exact) mass is 443 g/mol. The molecule has 6 rings (SSSR count). The second-order valence-electron chi connectivity index (χ2n) is 8.60. The third-order valence-corrected chi connectivity index (χ3v) is 6.25. The second-order valence-corrected chi connectivity index (χ2v) is 8.60. The van der Waals surface area contributed by atoms with Gasteiger partial charge in [-0.15, -0.1) is 5.10 Å². The van der Waals surface area contributed by atoms with Crippen molar-refractivity contribution in [3.05, 3.63) is 59.8 Å². The van der Waals surface area contributed by atoms with Gasteiger partial charge in [0.05, 0.1) is 18.0 Å². The van der Waals surface area contributed by atoms with Crippen LogP contribution in [-0.2, 0) is 16.1 Å². The van der Waals surface area contributed by atoms with Crippen LogP contribution in [0.5, 0.6) is 5.75 Å². The molecule has 9 nitrogen and oxygen atoms in total. The van der Waals surface area contributed by atoms with Crippen molar-refractivity contribution in [2.24, 2.45) is 0 Å². The third kappa shape index (κ3) is 3.55. The lowest BCUT2D eigenvalue weighted by Gasteiger charge is -2.29. The molecule has 1 aliphatic carbocycles. The first-order chi connectivity index (χ1) is 16.1. The lowest BCUT2D eigenvalue weighted by atomic mass is 10.0. The molecule has 1 saturated heterocycles. The molecule has 3 aliphatic rings. The topological polar surface area (TPSA) is 106 Å². The fourth-order valence-corrected chi connectivity index (χ4v) is 4.36. The van der Waals surface area contributed by atoms with Gasteiger partial charge < -0.3 is 9.64 Å². The number of para-hydroxylation sites is 1. The highest BCUT2D eigenvalue weighted by atomic mass is 16.5. The molecule has 2 aliphatic heterocycles. The van der Waals surface area contributed by atoms with E-state index in [9.17, 15) is 14.4 Å². The maximum absolute atomic E-state index is 12.9. The normalized spacial score (nSPS) is 20.1. The van der Waals surface area contributed by atoms with E-state index in [1.807, 2.05) is 42.6 Å². The number of rotatable bonds is 5. The summed E-state index contributed by atoms with van der Waals surface area (Å²) in [5, 5.41) is 10.9. The van der Waals surface area contributed by atoms with Gasteiger partial charge in [0.25, 0.3) is 5.91 Å². The number of nitrogens with one attached hydrogen (secondary N) is 1. The molecule has 0 unspecified atom stereocenters. The van der Waals surface area contributed by atoms with Crippen LogP contribution in [0.25, 0.3) is 16.9 Å². The molecule has 0 radical (unpaired) electrons. The summed E-state index contributed by atoms with van der Waals surface area (Å²) in [6.07, 6.45) is 4.84. The fraction of sp³-hybridized carbons (Fsp3) is 0.292. The highest BCUT2D eigenvalue weighted by Crippen LogP contribution is 2.34. The van der Waals surface area contributed by atoms with Gasteiger partial charge in [-0.25, -0.2) is 4.68 Å². The highest BCUT2D eigenvalue weighted by molar-refractivity contribution is 6.05. The molecule has 1 aromatic heterocycles. The largest absolute Gasteiger partial charge is 0.490 e. The lowest BCUT2D eigenvalue weighted by molar-refractivity contribution is -0.136. The van der Waals surface area contributed by atoms with Crippen molar-refractivity contribution in [2.45, 2.75) is 44.4 Å². The van der Waals surface area contributed by atoms with E-state index in [-0.39, 0.29) is 24.3 Å². The van der Waals surface area contributed by atoms with Crippen molar-refractivity contribution in [2.75, 3.05) is 0 Å². The number of benzene rings is 2. The maximum atomic E-state index is 12.9. The van der Waals surface area contributed by atoms with Crippen LogP contribution >= 0.6 is 0 Å². The summed E-state index contributed by atoms with van der Waals surface area (Å²) in [5.74, 6) is -0.114. The van der Waals surface area contributed by atoms with Crippen LogP contribution in [0.1, 0.15) is 41.6 Å². The third-order valence-electron chi connectivity index (χ3n) is 6.25. The average Bonchev–Trinajstić information content (AvgIpc) is 3.38. The number of fused-ring (bicyclic) bond motifs is 1. The number of carbonyl (C=O) groups excluding carboxylic acids is 3. The number of ether oxygens (including phenoxy) is 1. The number of aromatic nitrogens is 3. The Bertz CT molecular complexity index is 1300. The average molecular weight is 443 g/mol. The van der Waals surface area contributed by atoms with Crippen LogP contribution in [0.3, 0.4) is 0 Å². The minimum atomic E-state index is -0.632. The second kappa shape index (κ2) is 7.54. The number of hydrogen-bond donors (Lipinski definition) is 1. The molecule has 3 heterocycles. The van der Waals surface area contributed by atoms with Crippen molar-refractivity contribution in [3.63, 3.8) is 0 Å². The van der Waals surface area contributed by atoms with Gasteiger partial charge in [-0.2, -0.15) is 0 Å². The van der Waals surface area contributed by atoms with E-state index in [1.54, 1.807) is 10.7 Å². The Morgan fingerprint density at radius 3 is 2.67 bits per heavy atom. The Hall–Kier alpha value is -4.01. The molecular formula is C24H21N5O4. The van der Waals surface area contributed by atoms with E-state index in [4.69, 9.17) is 4.74 Å². The Kier molecular flexibility index (Phi) is 4.49. The van der Waals surface area contributed by atoms with E-state index >= 15 is 0 Å². The Morgan fingerprint density at radius 1 is 1.00 bits per heavy atom. The van der Waals surface area contributed by atoms with E-state index in [1.165, 1.54) is 4.90 Å². The molecular weight excluding hydrogens is 422 g/mol. The van der Waals surface area contributed by atoms with Gasteiger partial charge >= 0.3 is 0 Å². The summed E-state index contributed by atoms with van der Waals surface area (Å²) >= 11 is 0. The van der Waals surface area contributed by atoms with Crippen LogP contribution in [0.15, 0.2) is 48.7 Å². The van der Waals surface area contributed by atoms with Gasteiger partial charge in [-0.1, -0.05) is 17.3 Å². The van der Waals surface area contributed by atoms with Gasteiger partial charge in [0.2, 0.25) is 11.8 Å². The summed E-state index contributed by atoms with van der Waals surface area (Å²) < 4.78 is 7.68. The number of nitrogens with zero attached hydrogens (tertiary/aromatic N) is 4. The smallest absolute Gasteiger partial charge is 0.255 e. The zero-order valence-electron chi connectivity index (χ0n) is 17.7. The Labute approximate surface area is 189 Å². The molecule has 3 amide bonds. The predicted molar refractivity (Wildman–Crippen MR) is 116 cm³/mol. The van der Waals surface area contributed by atoms with Crippen molar-refractivity contribution in [1.82, 2.24) is 25.2 Å². The zero-order chi connectivity index (χ0) is 22.5. The summed E-state index contributed by atoms with van der Waals surface area (Å²) in [6, 6.07) is 12.6. The van der Waals surface area contributed by atoms with Crippen LogP contribution < -0.4 is 10.1 Å². The minimum absolute atomic E-state index is 0.198. The number of carbonyl (C=O) groups is 3. The molecule has 0 bridgehead atoms. The SMILES string of the molecule is O=C1CC[C@H](N2Cc3cc(-n4cc(-c5ccccc5OC5CC5)nn4)ccc3C2=O)C(=O)N1. The minimum Gasteiger partial charge on any atom is -0.490 e. The molecule has 2 aromatic carbocycles. The number of imide groups is 1. The number of piperidine rings is 1. The highest BCUT2D eigenvalue weighted by Gasteiger charge is 2.39. The first kappa shape index (κ1) is 19.7.